The Hall–Kier alpha value is -0.190. The van der Waals surface area contributed by atoms with Crippen LogP contribution < -0.4 is 0 Å². The Morgan fingerprint density at radius 1 is 1.67 bits per heavy atom. The topological polar surface area (TPSA) is 49.7 Å². The van der Waals surface area contributed by atoms with Crippen molar-refractivity contribution in [3.05, 3.63) is 0 Å². The molecule has 1 aliphatic heterocycles. The number of hydrogen-bond acceptors (Lipinski definition) is 3. The van der Waals surface area contributed by atoms with E-state index in [2.05, 4.69) is 4.74 Å². The molecule has 54 valence electrons. The lowest BCUT2D eigenvalue weighted by Crippen LogP contribution is -2.24. The van der Waals surface area contributed by atoms with Crippen LogP contribution in [-0.4, -0.2) is 35.4 Å². The number of ether oxygens (including phenoxy) is 1. The molecule has 0 aromatic carbocycles. The number of rotatable bonds is 1. The van der Waals surface area contributed by atoms with E-state index < -0.39 is 18.6 Å². The third kappa shape index (κ3) is 1.38. The molecule has 0 aromatic heterocycles. The molecule has 3 nitrogen and oxygen atoms in total. The molecule has 0 aromatic rings. The van der Waals surface area contributed by atoms with E-state index in [1.54, 1.807) is 0 Å². The van der Waals surface area contributed by atoms with Gasteiger partial charge in [0.25, 0.3) is 0 Å². The van der Waals surface area contributed by atoms with E-state index in [1.807, 2.05) is 0 Å². The summed E-state index contributed by atoms with van der Waals surface area (Å²) in [6.07, 6.45) is -2.99. The fourth-order valence-corrected chi connectivity index (χ4v) is 0.842. The van der Waals surface area contributed by atoms with Gasteiger partial charge in [0.05, 0.1) is 12.7 Å². The molecule has 0 saturated carbocycles. The van der Waals surface area contributed by atoms with Crippen LogP contribution >= 0.6 is 0 Å². The third-order valence-electron chi connectivity index (χ3n) is 1.36. The molecule has 9 heavy (non-hydrogen) atoms. The highest BCUT2D eigenvalue weighted by molar-refractivity contribution is 4.76. The van der Waals surface area contributed by atoms with Gasteiger partial charge >= 0.3 is 0 Å². The molecule has 1 saturated heterocycles. The number of alkyl halides is 1. The van der Waals surface area contributed by atoms with Crippen LogP contribution in [0, 0.1) is 0 Å². The molecule has 1 fully saturated rings. The van der Waals surface area contributed by atoms with Gasteiger partial charge in [-0.3, -0.25) is 0 Å². The fraction of sp³-hybridized carbons (Fsp3) is 1.00. The van der Waals surface area contributed by atoms with Crippen molar-refractivity contribution in [2.45, 2.75) is 25.0 Å². The lowest BCUT2D eigenvalue weighted by molar-refractivity contribution is -0.0656. The number of aliphatic hydroxyl groups is 2. The first-order valence-electron chi connectivity index (χ1n) is 2.82. The van der Waals surface area contributed by atoms with Crippen LogP contribution in [0.2, 0.25) is 0 Å². The van der Waals surface area contributed by atoms with Crippen LogP contribution in [0.15, 0.2) is 0 Å². The second kappa shape index (κ2) is 2.60. The molecular formula is C5H9FO3. The first-order chi connectivity index (χ1) is 4.24. The number of aliphatic hydroxyl groups excluding tert-OH is 2. The van der Waals surface area contributed by atoms with Crippen molar-refractivity contribution in [3.63, 3.8) is 0 Å². The minimum Gasteiger partial charge on any atom is -0.394 e. The van der Waals surface area contributed by atoms with E-state index in [0.717, 1.165) is 0 Å². The quantitative estimate of drug-likeness (QED) is 0.507. The molecule has 4 heteroatoms. The van der Waals surface area contributed by atoms with Gasteiger partial charge in [-0.1, -0.05) is 0 Å². The lowest BCUT2D eigenvalue weighted by atomic mass is 10.2. The summed E-state index contributed by atoms with van der Waals surface area (Å²) in [5, 5.41) is 17.2. The van der Waals surface area contributed by atoms with Crippen molar-refractivity contribution in [3.8, 4) is 0 Å². The maximum absolute atomic E-state index is 12.1. The molecule has 0 aliphatic carbocycles. The van der Waals surface area contributed by atoms with Crippen LogP contribution in [0.5, 0.6) is 0 Å². The van der Waals surface area contributed by atoms with Gasteiger partial charge in [0.2, 0.25) is 6.36 Å². The van der Waals surface area contributed by atoms with Gasteiger partial charge in [-0.2, -0.15) is 0 Å². The SMILES string of the molecule is OCC1OC(F)CC1O. The van der Waals surface area contributed by atoms with Gasteiger partial charge in [-0.15, -0.1) is 0 Å². The van der Waals surface area contributed by atoms with Gasteiger partial charge in [0, 0.05) is 6.42 Å². The molecule has 1 rings (SSSR count). The smallest absolute Gasteiger partial charge is 0.201 e. The second-order valence-electron chi connectivity index (χ2n) is 2.07. The third-order valence-corrected chi connectivity index (χ3v) is 1.36. The van der Waals surface area contributed by atoms with Crippen molar-refractivity contribution >= 4 is 0 Å². The van der Waals surface area contributed by atoms with Crippen LogP contribution in [-0.2, 0) is 4.74 Å². The van der Waals surface area contributed by atoms with Crippen LogP contribution in [0.1, 0.15) is 6.42 Å². The first-order valence-corrected chi connectivity index (χ1v) is 2.82. The average molecular weight is 136 g/mol. The zero-order valence-electron chi connectivity index (χ0n) is 4.83. The summed E-state index contributed by atoms with van der Waals surface area (Å²) in [4.78, 5) is 0. The highest BCUT2D eigenvalue weighted by Crippen LogP contribution is 2.20. The largest absolute Gasteiger partial charge is 0.394 e. The summed E-state index contributed by atoms with van der Waals surface area (Å²) in [5.74, 6) is 0. The molecular weight excluding hydrogens is 127 g/mol. The van der Waals surface area contributed by atoms with E-state index >= 15 is 0 Å². The molecule has 0 bridgehead atoms. The molecule has 1 aliphatic rings. The van der Waals surface area contributed by atoms with E-state index in [4.69, 9.17) is 10.2 Å². The fourth-order valence-electron chi connectivity index (χ4n) is 0.842. The highest BCUT2D eigenvalue weighted by Gasteiger charge is 2.32. The van der Waals surface area contributed by atoms with Gasteiger partial charge in [-0.25, -0.2) is 4.39 Å². The number of hydrogen-bond donors (Lipinski definition) is 2. The highest BCUT2D eigenvalue weighted by atomic mass is 19.1. The zero-order valence-corrected chi connectivity index (χ0v) is 4.83. The maximum Gasteiger partial charge on any atom is 0.201 e. The minimum atomic E-state index is -1.41. The van der Waals surface area contributed by atoms with Crippen molar-refractivity contribution in [1.29, 1.82) is 0 Å². The Morgan fingerprint density at radius 2 is 2.33 bits per heavy atom. The van der Waals surface area contributed by atoms with Gasteiger partial charge < -0.3 is 14.9 Å². The molecule has 0 radical (unpaired) electrons. The molecule has 3 atom stereocenters. The van der Waals surface area contributed by atoms with E-state index in [1.165, 1.54) is 0 Å². The zero-order chi connectivity index (χ0) is 6.85. The summed E-state index contributed by atoms with van der Waals surface area (Å²) in [6, 6.07) is 0. The van der Waals surface area contributed by atoms with E-state index in [9.17, 15) is 4.39 Å². The standard InChI is InChI=1S/C5H9FO3/c6-5-1-3(8)4(2-7)9-5/h3-5,7-8H,1-2H2. The predicted molar refractivity (Wildman–Crippen MR) is 27.5 cm³/mol. The van der Waals surface area contributed by atoms with Crippen molar-refractivity contribution in [2.24, 2.45) is 0 Å². The summed E-state index contributed by atoms with van der Waals surface area (Å²) in [7, 11) is 0. The lowest BCUT2D eigenvalue weighted by Gasteiger charge is -2.07. The van der Waals surface area contributed by atoms with Crippen molar-refractivity contribution < 1.29 is 19.3 Å². The molecule has 0 amide bonds. The molecule has 2 N–H and O–H groups in total. The van der Waals surface area contributed by atoms with Gasteiger partial charge in [0.15, 0.2) is 0 Å². The Morgan fingerprint density at radius 3 is 2.56 bits per heavy atom. The average Bonchev–Trinajstić information content (AvgIpc) is 2.10. The Balaban J connectivity index is 2.38. The maximum atomic E-state index is 12.1. The first kappa shape index (κ1) is 6.92. The van der Waals surface area contributed by atoms with Crippen LogP contribution in [0.25, 0.3) is 0 Å². The van der Waals surface area contributed by atoms with E-state index in [-0.39, 0.29) is 13.0 Å². The Labute approximate surface area is 52.1 Å². The number of halogens is 1. The molecule has 0 spiro atoms. The normalized spacial score (nSPS) is 43.7. The minimum absolute atomic E-state index is 0.0226. The van der Waals surface area contributed by atoms with Crippen LogP contribution in [0.3, 0.4) is 0 Å². The monoisotopic (exact) mass is 136 g/mol. The summed E-state index contributed by atoms with van der Waals surface area (Å²) < 4.78 is 16.6. The van der Waals surface area contributed by atoms with Crippen molar-refractivity contribution in [2.75, 3.05) is 6.61 Å². The van der Waals surface area contributed by atoms with Crippen molar-refractivity contribution in [1.82, 2.24) is 0 Å². The predicted octanol–water partition coefficient (Wildman–Crippen LogP) is -0.576. The summed E-state index contributed by atoms with van der Waals surface area (Å²) in [5.41, 5.74) is 0. The molecule has 1 heterocycles. The Kier molecular flexibility index (Phi) is 2.00. The van der Waals surface area contributed by atoms with Crippen LogP contribution in [0.4, 0.5) is 4.39 Å². The Bertz CT molecular complexity index is 98.2. The van der Waals surface area contributed by atoms with E-state index in [0.29, 0.717) is 0 Å². The van der Waals surface area contributed by atoms with Gasteiger partial charge in [-0.05, 0) is 0 Å². The summed E-state index contributed by atoms with van der Waals surface area (Å²) in [6.45, 7) is -0.318. The van der Waals surface area contributed by atoms with Gasteiger partial charge in [0.1, 0.15) is 6.10 Å². The summed E-state index contributed by atoms with van der Waals surface area (Å²) >= 11 is 0. The molecule has 3 unspecified atom stereocenters. The second-order valence-corrected chi connectivity index (χ2v) is 2.07.